The highest BCUT2D eigenvalue weighted by molar-refractivity contribution is 7.16. The lowest BCUT2D eigenvalue weighted by molar-refractivity contribution is 0.255. The molecule has 0 amide bonds. The number of aliphatic hydroxyl groups excluding tert-OH is 1. The first-order valence-corrected chi connectivity index (χ1v) is 7.56. The second-order valence-corrected chi connectivity index (χ2v) is 5.82. The molecule has 0 aromatic carbocycles. The molecule has 19 heavy (non-hydrogen) atoms. The van der Waals surface area contributed by atoms with Gasteiger partial charge in [0.05, 0.1) is 18.0 Å². The van der Waals surface area contributed by atoms with Crippen molar-refractivity contribution in [3.63, 3.8) is 0 Å². The van der Waals surface area contributed by atoms with Gasteiger partial charge in [0.1, 0.15) is 10.6 Å². The molecule has 3 rings (SSSR count). The first kappa shape index (κ1) is 12.6. The molecule has 1 saturated heterocycles. The maximum Gasteiger partial charge on any atom is 0.223 e. The van der Waals surface area contributed by atoms with Gasteiger partial charge < -0.3 is 15.7 Å². The number of nitrogens with zero attached hydrogens (tertiary/aromatic N) is 3. The van der Waals surface area contributed by atoms with Crippen LogP contribution >= 0.6 is 11.3 Å². The van der Waals surface area contributed by atoms with E-state index in [1.54, 1.807) is 11.3 Å². The van der Waals surface area contributed by atoms with Crippen LogP contribution in [0.3, 0.4) is 0 Å². The number of thiophene rings is 1. The van der Waals surface area contributed by atoms with Crippen LogP contribution in [0, 0.1) is 0 Å². The Bertz CT molecular complexity index is 571. The summed E-state index contributed by atoms with van der Waals surface area (Å²) in [5, 5.41) is 12.7. The number of anilines is 2. The summed E-state index contributed by atoms with van der Waals surface area (Å²) < 4.78 is 0. The molecule has 0 aliphatic carbocycles. The van der Waals surface area contributed by atoms with Crippen molar-refractivity contribution in [2.24, 2.45) is 0 Å². The minimum Gasteiger partial charge on any atom is -0.394 e. The molecule has 1 fully saturated rings. The minimum atomic E-state index is 0.139. The van der Waals surface area contributed by atoms with Crippen molar-refractivity contribution in [1.82, 2.24) is 9.97 Å². The topological polar surface area (TPSA) is 75.3 Å². The van der Waals surface area contributed by atoms with E-state index in [1.807, 2.05) is 11.4 Å². The Morgan fingerprint density at radius 3 is 3.11 bits per heavy atom. The third kappa shape index (κ3) is 2.37. The van der Waals surface area contributed by atoms with Crippen molar-refractivity contribution in [3.8, 4) is 0 Å². The quantitative estimate of drug-likeness (QED) is 0.879. The third-order valence-electron chi connectivity index (χ3n) is 3.68. The number of aliphatic hydroxyl groups is 1. The predicted octanol–water partition coefficient (Wildman–Crippen LogP) is 2.01. The summed E-state index contributed by atoms with van der Waals surface area (Å²) in [7, 11) is 0. The zero-order valence-electron chi connectivity index (χ0n) is 10.7. The van der Waals surface area contributed by atoms with E-state index < -0.39 is 0 Å². The Hall–Kier alpha value is -1.40. The summed E-state index contributed by atoms with van der Waals surface area (Å²) >= 11 is 1.57. The number of hydrogen-bond donors (Lipinski definition) is 2. The molecule has 0 spiro atoms. The van der Waals surface area contributed by atoms with Crippen molar-refractivity contribution >= 4 is 33.3 Å². The smallest absolute Gasteiger partial charge is 0.223 e. The highest BCUT2D eigenvalue weighted by Crippen LogP contribution is 2.31. The lowest BCUT2D eigenvalue weighted by atomic mass is 10.1. The van der Waals surface area contributed by atoms with Crippen LogP contribution < -0.4 is 10.6 Å². The van der Waals surface area contributed by atoms with Gasteiger partial charge in [-0.15, -0.1) is 11.3 Å². The van der Waals surface area contributed by atoms with Crippen molar-refractivity contribution in [1.29, 1.82) is 0 Å². The lowest BCUT2D eigenvalue weighted by Gasteiger charge is -2.30. The predicted molar refractivity (Wildman–Crippen MR) is 78.5 cm³/mol. The number of nitrogens with two attached hydrogens (primary N) is 1. The molecule has 1 atom stereocenters. The standard InChI is InChI=1S/C13H18N4OS/c14-13-15-11(10-5-7-19-12(10)16-13)17-6-3-1-2-4-9(17)8-18/h5,7,9,18H,1-4,6,8H2,(H2,14,15,16). The normalized spacial score (nSPS) is 20.7. The van der Waals surface area contributed by atoms with E-state index in [0.29, 0.717) is 5.95 Å². The molecule has 102 valence electrons. The van der Waals surface area contributed by atoms with Crippen LogP contribution in [0.1, 0.15) is 25.7 Å². The molecule has 1 aliphatic heterocycles. The molecule has 6 heteroatoms. The second kappa shape index (κ2) is 5.30. The number of aromatic nitrogens is 2. The molecule has 1 unspecified atom stereocenters. The van der Waals surface area contributed by atoms with Crippen LogP contribution in [0.2, 0.25) is 0 Å². The van der Waals surface area contributed by atoms with E-state index in [2.05, 4.69) is 14.9 Å². The molecule has 0 radical (unpaired) electrons. The van der Waals surface area contributed by atoms with Gasteiger partial charge in [-0.25, -0.2) is 4.98 Å². The maximum atomic E-state index is 9.63. The van der Waals surface area contributed by atoms with Crippen molar-refractivity contribution in [2.75, 3.05) is 23.8 Å². The fourth-order valence-electron chi connectivity index (χ4n) is 2.72. The van der Waals surface area contributed by atoms with Gasteiger partial charge in [0, 0.05) is 6.54 Å². The average molecular weight is 278 g/mol. The summed E-state index contributed by atoms with van der Waals surface area (Å²) in [5.74, 6) is 1.19. The molecule has 3 N–H and O–H groups in total. The van der Waals surface area contributed by atoms with E-state index in [0.717, 1.165) is 41.8 Å². The average Bonchev–Trinajstić information content (AvgIpc) is 2.74. The highest BCUT2D eigenvalue weighted by atomic mass is 32.1. The molecule has 3 heterocycles. The van der Waals surface area contributed by atoms with Gasteiger partial charge in [0.25, 0.3) is 0 Å². The molecule has 2 aromatic heterocycles. The van der Waals surface area contributed by atoms with Crippen LogP contribution in [0.15, 0.2) is 11.4 Å². The van der Waals surface area contributed by atoms with Gasteiger partial charge in [0.15, 0.2) is 0 Å². The van der Waals surface area contributed by atoms with Crippen LogP contribution in [-0.4, -0.2) is 34.3 Å². The Balaban J connectivity index is 2.07. The fraction of sp³-hybridized carbons (Fsp3) is 0.538. The second-order valence-electron chi connectivity index (χ2n) is 4.92. The van der Waals surface area contributed by atoms with Gasteiger partial charge >= 0.3 is 0 Å². The minimum absolute atomic E-state index is 0.139. The monoisotopic (exact) mass is 278 g/mol. The molecule has 2 aromatic rings. The van der Waals surface area contributed by atoms with Crippen LogP contribution in [-0.2, 0) is 0 Å². The number of rotatable bonds is 2. The van der Waals surface area contributed by atoms with Gasteiger partial charge in [0.2, 0.25) is 5.95 Å². The first-order valence-electron chi connectivity index (χ1n) is 6.68. The van der Waals surface area contributed by atoms with E-state index >= 15 is 0 Å². The fourth-order valence-corrected chi connectivity index (χ4v) is 3.49. The zero-order valence-corrected chi connectivity index (χ0v) is 11.6. The first-order chi connectivity index (χ1) is 9.29. The number of fused-ring (bicyclic) bond motifs is 1. The summed E-state index contributed by atoms with van der Waals surface area (Å²) in [6, 6.07) is 2.17. The van der Waals surface area contributed by atoms with E-state index in [-0.39, 0.29) is 12.6 Å². The Labute approximate surface area is 116 Å². The highest BCUT2D eigenvalue weighted by Gasteiger charge is 2.24. The Morgan fingerprint density at radius 2 is 2.26 bits per heavy atom. The largest absolute Gasteiger partial charge is 0.394 e. The molecular formula is C13H18N4OS. The van der Waals surface area contributed by atoms with Gasteiger partial charge in [-0.1, -0.05) is 12.8 Å². The van der Waals surface area contributed by atoms with Crippen molar-refractivity contribution in [2.45, 2.75) is 31.7 Å². The number of nitrogen functional groups attached to an aromatic ring is 1. The van der Waals surface area contributed by atoms with Crippen LogP contribution in [0.5, 0.6) is 0 Å². The molecule has 1 aliphatic rings. The van der Waals surface area contributed by atoms with Gasteiger partial charge in [-0.05, 0) is 24.3 Å². The third-order valence-corrected chi connectivity index (χ3v) is 4.49. The molecular weight excluding hydrogens is 260 g/mol. The Morgan fingerprint density at radius 1 is 1.37 bits per heavy atom. The van der Waals surface area contributed by atoms with Crippen molar-refractivity contribution in [3.05, 3.63) is 11.4 Å². The lowest BCUT2D eigenvalue weighted by Crippen LogP contribution is -2.38. The SMILES string of the molecule is Nc1nc(N2CCCCCC2CO)c2ccsc2n1. The Kier molecular flexibility index (Phi) is 3.52. The summed E-state index contributed by atoms with van der Waals surface area (Å²) in [4.78, 5) is 11.8. The molecule has 0 saturated carbocycles. The number of hydrogen-bond acceptors (Lipinski definition) is 6. The zero-order chi connectivity index (χ0) is 13.2. The van der Waals surface area contributed by atoms with Crippen LogP contribution in [0.25, 0.3) is 10.2 Å². The van der Waals surface area contributed by atoms with Crippen molar-refractivity contribution < 1.29 is 5.11 Å². The van der Waals surface area contributed by atoms with E-state index in [9.17, 15) is 5.11 Å². The molecule has 5 nitrogen and oxygen atoms in total. The summed E-state index contributed by atoms with van der Waals surface area (Å²) in [6.45, 7) is 1.09. The van der Waals surface area contributed by atoms with Gasteiger partial charge in [-0.3, -0.25) is 0 Å². The summed E-state index contributed by atoms with van der Waals surface area (Å²) in [6.07, 6.45) is 4.51. The van der Waals surface area contributed by atoms with E-state index in [4.69, 9.17) is 5.73 Å². The van der Waals surface area contributed by atoms with Crippen LogP contribution in [0.4, 0.5) is 11.8 Å². The molecule has 0 bridgehead atoms. The summed E-state index contributed by atoms with van der Waals surface area (Å²) in [5.41, 5.74) is 5.81. The van der Waals surface area contributed by atoms with Gasteiger partial charge in [-0.2, -0.15) is 4.98 Å². The van der Waals surface area contributed by atoms with E-state index in [1.165, 1.54) is 6.42 Å². The maximum absolute atomic E-state index is 9.63.